The van der Waals surface area contributed by atoms with E-state index in [-0.39, 0.29) is 104 Å². The van der Waals surface area contributed by atoms with Crippen molar-refractivity contribution < 1.29 is 109 Å². The maximum Gasteiger partial charge on any atom is 0.225 e. The molecule has 22 heteroatoms. The lowest BCUT2D eigenvalue weighted by Gasteiger charge is -2.21. The molecule has 13 N–H and O–H groups in total. The number of ketones is 4. The summed E-state index contributed by atoms with van der Waals surface area (Å²) in [5.41, 5.74) is -1.89. The molecule has 0 radical (unpaired) electrons. The van der Waals surface area contributed by atoms with E-state index in [2.05, 4.69) is 0 Å². The maximum absolute atomic E-state index is 12.3. The molecule has 76 heavy (non-hydrogen) atoms. The average molecular weight is 1080 g/mol. The minimum Gasteiger partial charge on any atom is -0.491 e. The second-order valence-corrected chi connectivity index (χ2v) is 18.2. The molecule has 0 aliphatic heterocycles. The van der Waals surface area contributed by atoms with Gasteiger partial charge in [-0.05, 0) is 137 Å². The van der Waals surface area contributed by atoms with Gasteiger partial charge in [0, 0.05) is 16.7 Å². The summed E-state index contributed by atoms with van der Waals surface area (Å²) in [4.78, 5) is 48.2. The molecule has 0 atom stereocenters. The molecule has 0 heterocycles. The van der Waals surface area contributed by atoms with Crippen molar-refractivity contribution >= 4 is 23.1 Å². The van der Waals surface area contributed by atoms with E-state index in [0.29, 0.717) is 40.4 Å². The van der Waals surface area contributed by atoms with Crippen molar-refractivity contribution in [3.63, 3.8) is 0 Å². The minimum atomic E-state index is -2.50. The number of carbonyl (C=O) groups is 4. The van der Waals surface area contributed by atoms with Gasteiger partial charge in [0.05, 0.1) is 58.4 Å². The smallest absolute Gasteiger partial charge is 0.225 e. The van der Waals surface area contributed by atoms with Crippen LogP contribution in [0.2, 0.25) is 0 Å². The van der Waals surface area contributed by atoms with E-state index in [9.17, 15) is 60.0 Å². The molecule has 4 aromatic rings. The average Bonchev–Trinajstić information content (AvgIpc) is 3.38. The predicted octanol–water partition coefficient (Wildman–Crippen LogP) is 1.48. The standard InChI is InChI=1S/3C14H20O6.C12H16O4/c1-14(2,19)13(18)12-9(7-16)5-11(20-4-3-15)6-10(12)8-17;1-14(2,18)13(17)12-10(8-19-9-16)4-3-5-11(12)20-7-6-15;1-3-9-6-11(20-5-4-15)7-10(8-16)12(9)13(17)14(2,18)19;1-12(2,15)11(14)9-3-5-10(6-4-9)16-8-7-13/h5-6,15-17,19H,3-4,7-8H2,1-2H3;3-5,15-16,18H,6-9H2,1-2H3;6-7,15-16,18-19H,3-5,8H2,1-2H3;3-6,13,15H,7-8H2,1-2H3. The summed E-state index contributed by atoms with van der Waals surface area (Å²) >= 11 is 0. The van der Waals surface area contributed by atoms with Gasteiger partial charge < -0.3 is 90.1 Å². The zero-order chi connectivity index (χ0) is 58.0. The van der Waals surface area contributed by atoms with Crippen molar-refractivity contribution in [2.75, 3.05) is 59.6 Å². The van der Waals surface area contributed by atoms with Gasteiger partial charge in [0.15, 0.2) is 17.3 Å². The van der Waals surface area contributed by atoms with Crippen molar-refractivity contribution in [1.29, 1.82) is 0 Å². The zero-order valence-corrected chi connectivity index (χ0v) is 44.2. The molecular formula is C54H76O22. The molecule has 0 aromatic heterocycles. The second kappa shape index (κ2) is 32.7. The van der Waals surface area contributed by atoms with E-state index in [0.717, 1.165) is 6.92 Å². The molecule has 0 aliphatic rings. The van der Waals surface area contributed by atoms with E-state index in [4.69, 9.17) is 49.2 Å². The highest BCUT2D eigenvalue weighted by Gasteiger charge is 2.33. The lowest BCUT2D eigenvalue weighted by molar-refractivity contribution is -0.106. The summed E-state index contributed by atoms with van der Waals surface area (Å²) in [6.45, 7) is 9.24. The Labute approximate surface area is 441 Å². The van der Waals surface area contributed by atoms with Crippen LogP contribution in [-0.4, -0.2) is 172 Å². The van der Waals surface area contributed by atoms with Crippen molar-refractivity contribution in [3.05, 3.63) is 117 Å². The number of rotatable bonds is 27. The molecule has 0 aliphatic carbocycles. The molecule has 0 unspecified atom stereocenters. The number of hydrogen-bond donors (Lipinski definition) is 13. The topological polar surface area (TPSA) is 377 Å². The SMILES string of the molecule is CC(C)(O)C(=O)c1c(CO)cc(OCCO)cc1CO.CC(C)(O)C(=O)c1c(COCO)cccc1OCCO.CC(C)(O)C(=O)c1ccc(OCCO)cc1.CCc1cc(OCCO)cc(CO)c1C(=O)C(C)(O)O. The maximum atomic E-state index is 12.3. The third-order valence-electron chi connectivity index (χ3n) is 10.2. The van der Waals surface area contributed by atoms with Crippen molar-refractivity contribution in [3.8, 4) is 23.0 Å². The third-order valence-corrected chi connectivity index (χ3v) is 10.2. The van der Waals surface area contributed by atoms with Crippen LogP contribution >= 0.6 is 0 Å². The fourth-order valence-electron chi connectivity index (χ4n) is 6.66. The number of aliphatic hydroxyl groups excluding tert-OH is 8. The molecular weight excluding hydrogens is 1000 g/mol. The third kappa shape index (κ3) is 22.0. The summed E-state index contributed by atoms with van der Waals surface area (Å²) in [6, 6.07) is 17.3. The number of hydrogen-bond acceptors (Lipinski definition) is 22. The molecule has 0 fully saturated rings. The van der Waals surface area contributed by atoms with Crippen LogP contribution in [0.25, 0.3) is 0 Å². The van der Waals surface area contributed by atoms with Gasteiger partial charge in [0.1, 0.15) is 73.0 Å². The summed E-state index contributed by atoms with van der Waals surface area (Å²) in [7, 11) is 0. The van der Waals surface area contributed by atoms with E-state index >= 15 is 0 Å². The van der Waals surface area contributed by atoms with Crippen LogP contribution < -0.4 is 18.9 Å². The van der Waals surface area contributed by atoms with Crippen molar-refractivity contribution in [2.24, 2.45) is 0 Å². The van der Waals surface area contributed by atoms with Gasteiger partial charge >= 0.3 is 0 Å². The van der Waals surface area contributed by atoms with Crippen LogP contribution in [0.5, 0.6) is 23.0 Å². The Morgan fingerprint density at radius 2 is 0.816 bits per heavy atom. The number of benzene rings is 4. The predicted molar refractivity (Wildman–Crippen MR) is 274 cm³/mol. The van der Waals surface area contributed by atoms with Crippen LogP contribution in [0, 0.1) is 0 Å². The first-order valence-electron chi connectivity index (χ1n) is 23.9. The van der Waals surface area contributed by atoms with Gasteiger partial charge in [0.2, 0.25) is 11.6 Å². The molecule has 4 aromatic carbocycles. The lowest BCUT2D eigenvalue weighted by Crippen LogP contribution is -2.36. The van der Waals surface area contributed by atoms with E-state index in [1.54, 1.807) is 55.5 Å². The number of ether oxygens (including phenoxy) is 5. The molecule has 4 rings (SSSR count). The van der Waals surface area contributed by atoms with Crippen LogP contribution in [0.4, 0.5) is 0 Å². The number of Topliss-reactive ketones (excluding diaryl/α,β-unsaturated/α-hetero) is 4. The van der Waals surface area contributed by atoms with Crippen LogP contribution in [0.15, 0.2) is 66.7 Å². The summed E-state index contributed by atoms with van der Waals surface area (Å²) in [5.74, 6) is -3.20. The Kier molecular flexibility index (Phi) is 29.4. The Morgan fingerprint density at radius 1 is 0.434 bits per heavy atom. The fraction of sp³-hybridized carbons (Fsp3) is 0.481. The molecule has 22 nitrogen and oxygen atoms in total. The fourth-order valence-corrected chi connectivity index (χ4v) is 6.66. The second-order valence-electron chi connectivity index (χ2n) is 18.2. The van der Waals surface area contributed by atoms with Gasteiger partial charge in [-0.2, -0.15) is 0 Å². The molecule has 0 saturated carbocycles. The van der Waals surface area contributed by atoms with Crippen LogP contribution in [0.3, 0.4) is 0 Å². The summed E-state index contributed by atoms with van der Waals surface area (Å²) in [6.07, 6.45) is 0.459. The number of aryl methyl sites for hydroxylation is 1. The van der Waals surface area contributed by atoms with E-state index in [1.807, 2.05) is 0 Å². The van der Waals surface area contributed by atoms with E-state index in [1.165, 1.54) is 59.7 Å². The molecule has 0 saturated heterocycles. The van der Waals surface area contributed by atoms with Gasteiger partial charge in [-0.15, -0.1) is 0 Å². The highest BCUT2D eigenvalue weighted by Crippen LogP contribution is 2.30. The minimum absolute atomic E-state index is 0.0178. The summed E-state index contributed by atoms with van der Waals surface area (Å²) in [5, 5.41) is 120. The van der Waals surface area contributed by atoms with Gasteiger partial charge in [0.25, 0.3) is 0 Å². The largest absolute Gasteiger partial charge is 0.491 e. The van der Waals surface area contributed by atoms with Crippen LogP contribution in [-0.2, 0) is 37.6 Å². The van der Waals surface area contributed by atoms with E-state index < -0.39 is 66.6 Å². The molecule has 0 spiro atoms. The Hall–Kier alpha value is -5.80. The van der Waals surface area contributed by atoms with Gasteiger partial charge in [-0.25, -0.2) is 0 Å². The summed E-state index contributed by atoms with van der Waals surface area (Å²) < 4.78 is 25.9. The lowest BCUT2D eigenvalue weighted by atomic mass is 9.89. The number of carbonyl (C=O) groups excluding carboxylic acids is 4. The molecule has 0 bridgehead atoms. The monoisotopic (exact) mass is 1080 g/mol. The Morgan fingerprint density at radius 3 is 1.18 bits per heavy atom. The first kappa shape index (κ1) is 68.2. The van der Waals surface area contributed by atoms with Crippen molar-refractivity contribution in [2.45, 2.75) is 111 Å². The first-order chi connectivity index (χ1) is 35.6. The normalized spacial score (nSPS) is 11.4. The zero-order valence-electron chi connectivity index (χ0n) is 44.2. The molecule has 0 amide bonds. The quantitative estimate of drug-likeness (QED) is 0.0297. The Balaban J connectivity index is 0.000000508. The highest BCUT2D eigenvalue weighted by molar-refractivity contribution is 6.06. The Bertz CT molecular complexity index is 2260. The highest BCUT2D eigenvalue weighted by atomic mass is 16.6. The van der Waals surface area contributed by atoms with Gasteiger partial charge in [-0.1, -0.05) is 19.1 Å². The van der Waals surface area contributed by atoms with Crippen molar-refractivity contribution in [1.82, 2.24) is 0 Å². The number of aliphatic hydroxyl groups is 13. The van der Waals surface area contributed by atoms with Crippen LogP contribution in [0.1, 0.15) is 125 Å². The van der Waals surface area contributed by atoms with Gasteiger partial charge in [-0.3, -0.25) is 19.2 Å². The first-order valence-corrected chi connectivity index (χ1v) is 23.9. The molecule has 424 valence electrons.